The zero-order chi connectivity index (χ0) is 24.9. The highest BCUT2D eigenvalue weighted by Gasteiger charge is 2.29. The number of hydrogen-bond donors (Lipinski definition) is 1. The number of rotatable bonds is 3. The van der Waals surface area contributed by atoms with Gasteiger partial charge in [0.15, 0.2) is 0 Å². The molecule has 0 aromatic heterocycles. The van der Waals surface area contributed by atoms with E-state index in [0.717, 1.165) is 6.42 Å². The molecule has 2 rings (SSSR count). The molecule has 178 valence electrons. The van der Waals surface area contributed by atoms with Crippen LogP contribution in [0.3, 0.4) is 0 Å². The van der Waals surface area contributed by atoms with Crippen LogP contribution in [-0.2, 0) is 28.1 Å². The lowest BCUT2D eigenvalue weighted by atomic mass is 9.73. The van der Waals surface area contributed by atoms with Crippen LogP contribution < -0.4 is 5.32 Å². The van der Waals surface area contributed by atoms with Crippen LogP contribution in [-0.4, -0.2) is 7.05 Å². The fourth-order valence-corrected chi connectivity index (χ4v) is 4.54. The van der Waals surface area contributed by atoms with Crippen LogP contribution in [0.15, 0.2) is 24.3 Å². The molecular formula is C31H49N. The SMILES string of the molecule is CCc1c(-c2cc(C(C)(C)C)cc(C(C)(C)C)c2NC)cc(C(C)(C)C)cc1C(C)(C)C. The first-order valence-electron chi connectivity index (χ1n) is 12.4. The van der Waals surface area contributed by atoms with Gasteiger partial charge in [-0.2, -0.15) is 0 Å². The summed E-state index contributed by atoms with van der Waals surface area (Å²) < 4.78 is 0. The molecule has 0 saturated carbocycles. The van der Waals surface area contributed by atoms with Crippen molar-refractivity contribution in [2.75, 3.05) is 12.4 Å². The van der Waals surface area contributed by atoms with Crippen molar-refractivity contribution < 1.29 is 0 Å². The molecular weight excluding hydrogens is 386 g/mol. The maximum atomic E-state index is 3.62. The van der Waals surface area contributed by atoms with Crippen molar-refractivity contribution in [1.82, 2.24) is 0 Å². The van der Waals surface area contributed by atoms with E-state index < -0.39 is 0 Å². The summed E-state index contributed by atoms with van der Waals surface area (Å²) in [6.07, 6.45) is 1.03. The van der Waals surface area contributed by atoms with Crippen LogP contribution in [0.2, 0.25) is 0 Å². The molecule has 0 radical (unpaired) electrons. The summed E-state index contributed by atoms with van der Waals surface area (Å²) in [5.41, 5.74) is 11.5. The third kappa shape index (κ3) is 5.41. The van der Waals surface area contributed by atoms with Crippen LogP contribution in [0.25, 0.3) is 11.1 Å². The van der Waals surface area contributed by atoms with Crippen LogP contribution in [0, 0.1) is 0 Å². The molecule has 1 nitrogen and oxygen atoms in total. The number of anilines is 1. The maximum Gasteiger partial charge on any atom is 0.0455 e. The summed E-state index contributed by atoms with van der Waals surface area (Å²) in [7, 11) is 2.08. The van der Waals surface area contributed by atoms with Gasteiger partial charge < -0.3 is 5.32 Å². The Balaban J connectivity index is 3.14. The minimum absolute atomic E-state index is 0.0508. The molecule has 0 atom stereocenters. The van der Waals surface area contributed by atoms with Gasteiger partial charge >= 0.3 is 0 Å². The lowest BCUT2D eigenvalue weighted by Crippen LogP contribution is -2.21. The molecule has 0 amide bonds. The van der Waals surface area contributed by atoms with E-state index >= 15 is 0 Å². The summed E-state index contributed by atoms with van der Waals surface area (Å²) in [6, 6.07) is 9.83. The predicted molar refractivity (Wildman–Crippen MR) is 146 cm³/mol. The second kappa shape index (κ2) is 8.54. The molecule has 0 aliphatic rings. The van der Waals surface area contributed by atoms with Crippen LogP contribution >= 0.6 is 0 Å². The quantitative estimate of drug-likeness (QED) is 0.506. The summed E-state index contributed by atoms with van der Waals surface area (Å²) in [5, 5.41) is 3.62. The zero-order valence-electron chi connectivity index (χ0n) is 23.5. The molecule has 0 aliphatic heterocycles. The summed E-state index contributed by atoms with van der Waals surface area (Å²) in [5.74, 6) is 0. The Kier molecular flexibility index (Phi) is 7.07. The van der Waals surface area contributed by atoms with Crippen molar-refractivity contribution in [2.45, 2.75) is 118 Å². The molecule has 2 aromatic carbocycles. The highest BCUT2D eigenvalue weighted by Crippen LogP contribution is 2.45. The van der Waals surface area contributed by atoms with Gasteiger partial charge in [-0.3, -0.25) is 0 Å². The predicted octanol–water partition coefficient (Wildman–Crippen LogP) is 9.15. The highest BCUT2D eigenvalue weighted by atomic mass is 14.8. The lowest BCUT2D eigenvalue weighted by molar-refractivity contribution is 0.563. The van der Waals surface area contributed by atoms with Crippen molar-refractivity contribution in [2.24, 2.45) is 0 Å². The van der Waals surface area contributed by atoms with Gasteiger partial charge in [-0.05, 0) is 67.5 Å². The molecule has 0 heterocycles. The van der Waals surface area contributed by atoms with Crippen molar-refractivity contribution in [3.05, 3.63) is 52.1 Å². The van der Waals surface area contributed by atoms with Gasteiger partial charge in [0.25, 0.3) is 0 Å². The van der Waals surface area contributed by atoms with Crippen molar-refractivity contribution in [3.63, 3.8) is 0 Å². The van der Waals surface area contributed by atoms with Gasteiger partial charge in [0.1, 0.15) is 0 Å². The van der Waals surface area contributed by atoms with E-state index in [9.17, 15) is 0 Å². The lowest BCUT2D eigenvalue weighted by Gasteiger charge is -2.33. The Morgan fingerprint density at radius 3 is 1.31 bits per heavy atom. The second-order valence-corrected chi connectivity index (χ2v) is 13.6. The summed E-state index contributed by atoms with van der Waals surface area (Å²) in [4.78, 5) is 0. The Bertz CT molecular complexity index is 882. The number of hydrogen-bond acceptors (Lipinski definition) is 1. The van der Waals surface area contributed by atoms with E-state index in [1.165, 1.54) is 44.6 Å². The Hall–Kier alpha value is -1.76. The van der Waals surface area contributed by atoms with Gasteiger partial charge in [-0.1, -0.05) is 108 Å². The Morgan fingerprint density at radius 1 is 0.562 bits per heavy atom. The smallest absolute Gasteiger partial charge is 0.0455 e. The van der Waals surface area contributed by atoms with Gasteiger partial charge in [0, 0.05) is 18.3 Å². The normalized spacial score (nSPS) is 13.4. The van der Waals surface area contributed by atoms with Crippen molar-refractivity contribution >= 4 is 5.69 Å². The van der Waals surface area contributed by atoms with Crippen LogP contribution in [0.5, 0.6) is 0 Å². The Morgan fingerprint density at radius 2 is 0.969 bits per heavy atom. The van der Waals surface area contributed by atoms with E-state index in [2.05, 4.69) is 127 Å². The third-order valence-electron chi connectivity index (χ3n) is 6.63. The number of benzene rings is 2. The Labute approximate surface area is 199 Å². The van der Waals surface area contributed by atoms with Crippen LogP contribution in [0.4, 0.5) is 5.69 Å². The average molecular weight is 436 g/mol. The van der Waals surface area contributed by atoms with Gasteiger partial charge in [0.2, 0.25) is 0 Å². The van der Waals surface area contributed by atoms with E-state index in [0.29, 0.717) is 0 Å². The monoisotopic (exact) mass is 435 g/mol. The van der Waals surface area contributed by atoms with Crippen molar-refractivity contribution in [3.8, 4) is 11.1 Å². The minimum atomic E-state index is 0.0508. The molecule has 0 bridgehead atoms. The van der Waals surface area contributed by atoms with E-state index in [-0.39, 0.29) is 21.7 Å². The first kappa shape index (κ1) is 26.5. The molecule has 0 aliphatic carbocycles. The highest BCUT2D eigenvalue weighted by molar-refractivity contribution is 5.85. The topological polar surface area (TPSA) is 12.0 Å². The zero-order valence-corrected chi connectivity index (χ0v) is 23.5. The molecule has 1 heteroatoms. The number of nitrogens with one attached hydrogen (secondary N) is 1. The first-order chi connectivity index (χ1) is 14.3. The van der Waals surface area contributed by atoms with E-state index in [1.54, 1.807) is 0 Å². The fraction of sp³-hybridized carbons (Fsp3) is 0.613. The molecule has 0 fully saturated rings. The van der Waals surface area contributed by atoms with E-state index in [4.69, 9.17) is 0 Å². The molecule has 1 N–H and O–H groups in total. The maximum absolute atomic E-state index is 3.62. The summed E-state index contributed by atoms with van der Waals surface area (Å²) >= 11 is 0. The third-order valence-corrected chi connectivity index (χ3v) is 6.63. The largest absolute Gasteiger partial charge is 0.387 e. The molecule has 0 saturated heterocycles. The van der Waals surface area contributed by atoms with Crippen LogP contribution in [0.1, 0.15) is 118 Å². The molecule has 2 aromatic rings. The second-order valence-electron chi connectivity index (χ2n) is 13.6. The first-order valence-corrected chi connectivity index (χ1v) is 12.4. The average Bonchev–Trinajstić information content (AvgIpc) is 2.62. The van der Waals surface area contributed by atoms with Crippen molar-refractivity contribution in [1.29, 1.82) is 0 Å². The standard InChI is InChI=1S/C31H49N/c1-15-22-23(16-20(28(2,3)4)18-25(22)30(8,9)10)24-17-21(29(5,6)7)19-26(27(24)32-14)31(11,12)13/h16-19,32H,15H2,1-14H3. The van der Waals surface area contributed by atoms with E-state index in [1.807, 2.05) is 0 Å². The molecule has 32 heavy (non-hydrogen) atoms. The fourth-order valence-electron chi connectivity index (χ4n) is 4.54. The van der Waals surface area contributed by atoms with Gasteiger partial charge in [0.05, 0.1) is 0 Å². The minimum Gasteiger partial charge on any atom is -0.387 e. The molecule has 0 spiro atoms. The van der Waals surface area contributed by atoms with Gasteiger partial charge in [-0.15, -0.1) is 0 Å². The molecule has 0 unspecified atom stereocenters. The van der Waals surface area contributed by atoms with Gasteiger partial charge in [-0.25, -0.2) is 0 Å². The summed E-state index contributed by atoms with van der Waals surface area (Å²) in [6.45, 7) is 30.3.